The summed E-state index contributed by atoms with van der Waals surface area (Å²) in [6, 6.07) is 20.6. The Bertz CT molecular complexity index is 1200. The summed E-state index contributed by atoms with van der Waals surface area (Å²) in [4.78, 5) is 0. The minimum Gasteiger partial charge on any atom is -0.618 e. The average molecular weight is 401 g/mol. The van der Waals surface area contributed by atoms with E-state index in [0.717, 1.165) is 32.4 Å². The molecule has 30 heavy (non-hydrogen) atoms. The molecule has 0 fully saturated rings. The highest BCUT2D eigenvalue weighted by molar-refractivity contribution is 5.97. The first-order valence-corrected chi connectivity index (χ1v) is 10.1. The van der Waals surface area contributed by atoms with Gasteiger partial charge in [0.2, 0.25) is 0 Å². The van der Waals surface area contributed by atoms with Crippen LogP contribution in [0.25, 0.3) is 22.0 Å². The molecule has 0 aliphatic carbocycles. The predicted molar refractivity (Wildman–Crippen MR) is 118 cm³/mol. The van der Waals surface area contributed by atoms with Crippen LogP contribution >= 0.6 is 0 Å². The van der Waals surface area contributed by atoms with Crippen molar-refractivity contribution in [2.45, 2.75) is 33.3 Å². The molecule has 0 aliphatic rings. The summed E-state index contributed by atoms with van der Waals surface area (Å²) in [5.74, 6) is 0.418. The summed E-state index contributed by atoms with van der Waals surface area (Å²) in [5.41, 5.74) is 4.84. The highest BCUT2D eigenvalue weighted by atomic mass is 19.1. The molecule has 1 heterocycles. The van der Waals surface area contributed by atoms with Crippen molar-refractivity contribution in [1.82, 2.24) is 0 Å². The van der Waals surface area contributed by atoms with Gasteiger partial charge in [0.15, 0.2) is 11.9 Å². The number of fused-ring (bicyclic) bond motifs is 1. The standard InChI is InChI=1S/C26H24FNO2/c1-17(2)22-15-28(29)26-21(25(22)20-12-13-23(27)18(3)14-20)10-7-11-24(26)30-16-19-8-5-4-6-9-19/h4-15,17H,16H2,1-3H3. The second-order valence-corrected chi connectivity index (χ2v) is 7.83. The van der Waals surface area contributed by atoms with Gasteiger partial charge in [0.05, 0.1) is 5.39 Å². The summed E-state index contributed by atoms with van der Waals surface area (Å²) >= 11 is 0. The quantitative estimate of drug-likeness (QED) is 0.291. The van der Waals surface area contributed by atoms with Crippen LogP contribution in [-0.2, 0) is 6.61 Å². The van der Waals surface area contributed by atoms with Crippen molar-refractivity contribution in [3.8, 4) is 16.9 Å². The number of aromatic nitrogens is 1. The van der Waals surface area contributed by atoms with Crippen LogP contribution in [0.1, 0.15) is 36.5 Å². The molecule has 0 unspecified atom stereocenters. The van der Waals surface area contributed by atoms with Gasteiger partial charge in [0.25, 0.3) is 5.52 Å². The van der Waals surface area contributed by atoms with Crippen LogP contribution in [0, 0.1) is 17.9 Å². The first kappa shape index (κ1) is 19.9. The van der Waals surface area contributed by atoms with E-state index in [0.29, 0.717) is 23.4 Å². The van der Waals surface area contributed by atoms with Crippen LogP contribution < -0.4 is 9.47 Å². The number of rotatable bonds is 5. The zero-order chi connectivity index (χ0) is 21.3. The van der Waals surface area contributed by atoms with Crippen LogP contribution in [0.5, 0.6) is 5.75 Å². The van der Waals surface area contributed by atoms with Crippen molar-refractivity contribution < 1.29 is 13.9 Å². The SMILES string of the molecule is Cc1cc(-c2c(C(C)C)c[n+]([O-])c3c(OCc4ccccc4)cccc23)ccc1F. The van der Waals surface area contributed by atoms with Gasteiger partial charge in [-0.3, -0.25) is 0 Å². The molecule has 0 radical (unpaired) electrons. The van der Waals surface area contributed by atoms with Crippen LogP contribution in [0.3, 0.4) is 0 Å². The molecular weight excluding hydrogens is 377 g/mol. The molecular formula is C26H24FNO2. The summed E-state index contributed by atoms with van der Waals surface area (Å²) < 4.78 is 20.8. The van der Waals surface area contributed by atoms with Crippen LogP contribution in [0.2, 0.25) is 0 Å². The minimum atomic E-state index is -0.240. The number of hydrogen-bond donors (Lipinski definition) is 0. The Morgan fingerprint density at radius 2 is 1.77 bits per heavy atom. The van der Waals surface area contributed by atoms with Gasteiger partial charge in [0.1, 0.15) is 12.4 Å². The fourth-order valence-corrected chi connectivity index (χ4v) is 3.77. The average Bonchev–Trinajstić information content (AvgIpc) is 2.74. The van der Waals surface area contributed by atoms with Gasteiger partial charge in [-0.2, -0.15) is 4.73 Å². The number of ether oxygens (including phenoxy) is 1. The molecule has 0 amide bonds. The van der Waals surface area contributed by atoms with Crippen LogP contribution in [-0.4, -0.2) is 0 Å². The molecule has 0 N–H and O–H groups in total. The predicted octanol–water partition coefficient (Wildman–Crippen LogP) is 6.29. The summed E-state index contributed by atoms with van der Waals surface area (Å²) in [6.45, 7) is 6.23. The largest absolute Gasteiger partial charge is 0.618 e. The number of para-hydroxylation sites is 1. The Labute approximate surface area is 176 Å². The van der Waals surface area contributed by atoms with E-state index in [1.54, 1.807) is 19.2 Å². The molecule has 3 nitrogen and oxygen atoms in total. The van der Waals surface area contributed by atoms with Crippen molar-refractivity contribution in [3.63, 3.8) is 0 Å². The van der Waals surface area contributed by atoms with E-state index in [2.05, 4.69) is 13.8 Å². The van der Waals surface area contributed by atoms with Gasteiger partial charge < -0.3 is 9.94 Å². The lowest BCUT2D eigenvalue weighted by molar-refractivity contribution is -0.577. The lowest BCUT2D eigenvalue weighted by Crippen LogP contribution is -2.29. The molecule has 0 bridgehead atoms. The second-order valence-electron chi connectivity index (χ2n) is 7.83. The molecule has 4 rings (SSSR count). The number of halogens is 1. The maximum atomic E-state index is 13.9. The third-order valence-corrected chi connectivity index (χ3v) is 5.34. The van der Waals surface area contributed by atoms with E-state index in [-0.39, 0.29) is 11.7 Å². The van der Waals surface area contributed by atoms with E-state index in [1.807, 2.05) is 54.6 Å². The summed E-state index contributed by atoms with van der Waals surface area (Å²) in [5, 5.41) is 13.8. The minimum absolute atomic E-state index is 0.129. The molecule has 4 aromatic rings. The highest BCUT2D eigenvalue weighted by Gasteiger charge is 2.22. The summed E-state index contributed by atoms with van der Waals surface area (Å²) in [6.07, 6.45) is 1.62. The van der Waals surface area contributed by atoms with Crippen molar-refractivity contribution in [2.24, 2.45) is 0 Å². The van der Waals surface area contributed by atoms with Crippen molar-refractivity contribution in [3.05, 3.63) is 101 Å². The molecule has 0 saturated carbocycles. The lowest BCUT2D eigenvalue weighted by atomic mass is 9.90. The maximum absolute atomic E-state index is 13.9. The van der Waals surface area contributed by atoms with Crippen LogP contribution in [0.15, 0.2) is 72.9 Å². The Morgan fingerprint density at radius 1 is 1.00 bits per heavy atom. The number of nitrogens with zero attached hydrogens (tertiary/aromatic N) is 1. The fraction of sp³-hybridized carbons (Fsp3) is 0.192. The number of pyridine rings is 1. The zero-order valence-electron chi connectivity index (χ0n) is 17.4. The molecule has 0 saturated heterocycles. The van der Waals surface area contributed by atoms with Gasteiger partial charge in [-0.05, 0) is 53.8 Å². The summed E-state index contributed by atoms with van der Waals surface area (Å²) in [7, 11) is 0. The third kappa shape index (κ3) is 3.73. The molecule has 0 aliphatic heterocycles. The topological polar surface area (TPSA) is 36.2 Å². The van der Waals surface area contributed by atoms with Gasteiger partial charge in [-0.1, -0.05) is 56.3 Å². The zero-order valence-corrected chi connectivity index (χ0v) is 17.4. The molecule has 0 atom stereocenters. The van der Waals surface area contributed by atoms with E-state index in [9.17, 15) is 9.60 Å². The van der Waals surface area contributed by atoms with Crippen LogP contribution in [0.4, 0.5) is 4.39 Å². The maximum Gasteiger partial charge on any atom is 0.266 e. The number of hydrogen-bond acceptors (Lipinski definition) is 2. The molecule has 3 aromatic carbocycles. The first-order valence-electron chi connectivity index (χ1n) is 10.1. The van der Waals surface area contributed by atoms with E-state index in [1.165, 1.54) is 6.07 Å². The lowest BCUT2D eigenvalue weighted by Gasteiger charge is -2.18. The third-order valence-electron chi connectivity index (χ3n) is 5.34. The molecule has 152 valence electrons. The second kappa shape index (κ2) is 8.15. The van der Waals surface area contributed by atoms with Crippen molar-refractivity contribution in [2.75, 3.05) is 0 Å². The van der Waals surface area contributed by atoms with Gasteiger partial charge in [-0.15, -0.1) is 0 Å². The monoisotopic (exact) mass is 401 g/mol. The molecule has 1 aromatic heterocycles. The Morgan fingerprint density at radius 3 is 2.47 bits per heavy atom. The van der Waals surface area contributed by atoms with Crippen molar-refractivity contribution in [1.29, 1.82) is 0 Å². The smallest absolute Gasteiger partial charge is 0.266 e. The Kier molecular flexibility index (Phi) is 5.40. The van der Waals surface area contributed by atoms with Crippen molar-refractivity contribution >= 4 is 10.9 Å². The normalized spacial score (nSPS) is 11.2. The number of aryl methyl sites for hydroxylation is 1. The fourth-order valence-electron chi connectivity index (χ4n) is 3.77. The van der Waals surface area contributed by atoms with E-state index in [4.69, 9.17) is 4.74 Å². The highest BCUT2D eigenvalue weighted by Crippen LogP contribution is 2.37. The number of benzene rings is 3. The van der Waals surface area contributed by atoms with Gasteiger partial charge in [-0.25, -0.2) is 4.39 Å². The molecule has 4 heteroatoms. The van der Waals surface area contributed by atoms with E-state index >= 15 is 0 Å². The van der Waals surface area contributed by atoms with Gasteiger partial charge >= 0.3 is 0 Å². The Balaban J connectivity index is 1.90. The first-order chi connectivity index (χ1) is 14.5. The Hall–Kier alpha value is -3.40. The molecule has 0 spiro atoms. The van der Waals surface area contributed by atoms with Gasteiger partial charge in [0, 0.05) is 11.1 Å². The van der Waals surface area contributed by atoms with E-state index < -0.39 is 0 Å².